The Kier molecular flexibility index (Phi) is 6.07. The zero-order valence-electron chi connectivity index (χ0n) is 16.9. The molecule has 3 aromatic carbocycles. The van der Waals surface area contributed by atoms with Crippen LogP contribution in [0.15, 0.2) is 60.8 Å². The van der Waals surface area contributed by atoms with Gasteiger partial charge in [-0.25, -0.2) is 0 Å². The number of halogens is 2. The van der Waals surface area contributed by atoms with Gasteiger partial charge in [-0.3, -0.25) is 5.10 Å². The first-order valence-corrected chi connectivity index (χ1v) is 10.3. The fraction of sp³-hybridized carbons (Fsp3) is 0.125. The molecule has 2 N–H and O–H groups in total. The molecule has 0 atom stereocenters. The average molecular weight is 455 g/mol. The molecule has 0 radical (unpaired) electrons. The van der Waals surface area contributed by atoms with E-state index in [0.717, 1.165) is 11.1 Å². The smallest absolute Gasteiger partial charge is 0.173 e. The Hall–Kier alpha value is -3.15. The molecule has 0 saturated carbocycles. The first-order valence-electron chi connectivity index (χ1n) is 9.59. The summed E-state index contributed by atoms with van der Waals surface area (Å²) in [6.07, 6.45) is 1.58. The second-order valence-corrected chi connectivity index (χ2v) is 8.02. The summed E-state index contributed by atoms with van der Waals surface area (Å²) >= 11 is 12.4. The topological polar surface area (TPSA) is 67.4 Å². The minimum absolute atomic E-state index is 0.0253. The molecule has 1 heterocycles. The van der Waals surface area contributed by atoms with Crippen LogP contribution in [-0.2, 0) is 6.61 Å². The van der Waals surface area contributed by atoms with E-state index in [2.05, 4.69) is 16.3 Å². The first kappa shape index (κ1) is 21.1. The predicted molar refractivity (Wildman–Crippen MR) is 122 cm³/mol. The maximum Gasteiger partial charge on any atom is 0.173 e. The molecular weight excluding hydrogens is 435 g/mol. The average Bonchev–Trinajstić information content (AvgIpc) is 3.14. The monoisotopic (exact) mass is 454 g/mol. The Morgan fingerprint density at radius 1 is 0.935 bits per heavy atom. The van der Waals surface area contributed by atoms with Gasteiger partial charge in [-0.15, -0.1) is 0 Å². The van der Waals surface area contributed by atoms with Crippen LogP contribution in [0.5, 0.6) is 23.0 Å². The third-order valence-electron chi connectivity index (χ3n) is 4.71. The zero-order chi connectivity index (χ0) is 22.0. The van der Waals surface area contributed by atoms with Crippen LogP contribution in [0.1, 0.15) is 16.7 Å². The van der Waals surface area contributed by atoms with Gasteiger partial charge >= 0.3 is 0 Å². The van der Waals surface area contributed by atoms with Crippen LogP contribution in [0.3, 0.4) is 0 Å². The second-order valence-electron chi connectivity index (χ2n) is 7.20. The van der Waals surface area contributed by atoms with Crippen molar-refractivity contribution >= 4 is 23.2 Å². The van der Waals surface area contributed by atoms with Crippen LogP contribution in [0, 0.1) is 13.8 Å². The molecule has 0 aliphatic carbocycles. The van der Waals surface area contributed by atoms with Crippen LogP contribution in [0.4, 0.5) is 0 Å². The fourth-order valence-electron chi connectivity index (χ4n) is 3.30. The summed E-state index contributed by atoms with van der Waals surface area (Å²) < 4.78 is 11.8. The molecule has 158 valence electrons. The van der Waals surface area contributed by atoms with Gasteiger partial charge in [-0.05, 0) is 61.4 Å². The lowest BCUT2D eigenvalue weighted by molar-refractivity contribution is 0.304. The quantitative estimate of drug-likeness (QED) is 0.326. The van der Waals surface area contributed by atoms with Crippen LogP contribution >= 0.6 is 23.2 Å². The molecule has 0 bridgehead atoms. The van der Waals surface area contributed by atoms with Gasteiger partial charge in [-0.2, -0.15) is 5.10 Å². The van der Waals surface area contributed by atoms with Crippen molar-refractivity contribution in [2.24, 2.45) is 0 Å². The molecule has 0 aliphatic heterocycles. The van der Waals surface area contributed by atoms with Gasteiger partial charge in [0.2, 0.25) is 0 Å². The molecule has 0 spiro atoms. The van der Waals surface area contributed by atoms with E-state index < -0.39 is 0 Å². The summed E-state index contributed by atoms with van der Waals surface area (Å²) in [5, 5.41) is 18.6. The molecule has 0 aliphatic rings. The van der Waals surface area contributed by atoms with E-state index in [-0.39, 0.29) is 12.4 Å². The number of H-pyrrole nitrogens is 1. The van der Waals surface area contributed by atoms with Gasteiger partial charge in [0.25, 0.3) is 0 Å². The Labute approximate surface area is 190 Å². The molecule has 1 aromatic heterocycles. The van der Waals surface area contributed by atoms with Crippen LogP contribution in [0.2, 0.25) is 10.0 Å². The van der Waals surface area contributed by atoms with Crippen LogP contribution in [-0.4, -0.2) is 15.3 Å². The van der Waals surface area contributed by atoms with E-state index >= 15 is 0 Å². The summed E-state index contributed by atoms with van der Waals surface area (Å²) in [6, 6.07) is 16.3. The molecule has 5 nitrogen and oxygen atoms in total. The zero-order valence-corrected chi connectivity index (χ0v) is 18.5. The lowest BCUT2D eigenvalue weighted by Gasteiger charge is -2.12. The number of aromatic amines is 1. The number of aryl methyl sites for hydroxylation is 2. The van der Waals surface area contributed by atoms with Gasteiger partial charge in [0.1, 0.15) is 29.5 Å². The van der Waals surface area contributed by atoms with E-state index in [1.807, 2.05) is 26.0 Å². The normalized spacial score (nSPS) is 10.8. The molecule has 31 heavy (non-hydrogen) atoms. The lowest BCUT2D eigenvalue weighted by Crippen LogP contribution is -1.97. The van der Waals surface area contributed by atoms with Gasteiger partial charge in [-0.1, -0.05) is 35.3 Å². The molecule has 7 heteroatoms. The van der Waals surface area contributed by atoms with E-state index in [9.17, 15) is 5.11 Å². The van der Waals surface area contributed by atoms with Crippen molar-refractivity contribution in [3.05, 3.63) is 87.5 Å². The number of nitrogens with zero attached hydrogens (tertiary/aromatic N) is 1. The molecule has 0 unspecified atom stereocenters. The predicted octanol–water partition coefficient (Wildman–Crippen LogP) is 7.08. The summed E-state index contributed by atoms with van der Waals surface area (Å²) in [7, 11) is 0. The fourth-order valence-corrected chi connectivity index (χ4v) is 3.81. The van der Waals surface area contributed by atoms with Crippen LogP contribution in [0.25, 0.3) is 11.3 Å². The molecule has 4 aromatic rings. The molecule has 0 fully saturated rings. The molecular formula is C24H20Cl2N2O3. The van der Waals surface area contributed by atoms with Gasteiger partial charge in [0.05, 0.1) is 6.20 Å². The largest absolute Gasteiger partial charge is 0.507 e. The molecule has 4 rings (SSSR count). The Morgan fingerprint density at radius 2 is 1.65 bits per heavy atom. The van der Waals surface area contributed by atoms with E-state index in [4.69, 9.17) is 32.7 Å². The molecule has 0 amide bonds. The number of nitrogens with one attached hydrogen (secondary N) is 1. The van der Waals surface area contributed by atoms with Crippen molar-refractivity contribution in [2.45, 2.75) is 20.5 Å². The minimum atomic E-state index is 0.0253. The number of phenols is 1. The standard InChI is InChI=1S/C24H20Cl2N2O3/c1-14-8-15(2)10-17(9-14)31-23-12-27-28-24(23)18-7-6-16(11-22(18)29)30-13-19-20(25)4-3-5-21(19)26/h3-12,29H,13H2,1-2H3,(H,27,28). The number of aromatic nitrogens is 2. The van der Waals surface area contributed by atoms with Crippen molar-refractivity contribution in [3.63, 3.8) is 0 Å². The Balaban J connectivity index is 1.54. The summed E-state index contributed by atoms with van der Waals surface area (Å²) in [6.45, 7) is 4.20. The summed E-state index contributed by atoms with van der Waals surface area (Å²) in [5.41, 5.74) is 4.00. The second kappa shape index (κ2) is 8.92. The maximum atomic E-state index is 10.6. The van der Waals surface area contributed by atoms with Gasteiger partial charge in [0, 0.05) is 27.2 Å². The maximum absolute atomic E-state index is 10.6. The van der Waals surface area contributed by atoms with E-state index in [0.29, 0.717) is 44.1 Å². The summed E-state index contributed by atoms with van der Waals surface area (Å²) in [5.74, 6) is 1.72. The van der Waals surface area contributed by atoms with Crippen molar-refractivity contribution in [3.8, 4) is 34.3 Å². The van der Waals surface area contributed by atoms with Crippen LogP contribution < -0.4 is 9.47 Å². The number of benzene rings is 3. The highest BCUT2D eigenvalue weighted by atomic mass is 35.5. The van der Waals surface area contributed by atoms with E-state index in [1.165, 1.54) is 6.07 Å². The highest BCUT2D eigenvalue weighted by molar-refractivity contribution is 6.35. The highest BCUT2D eigenvalue weighted by Crippen LogP contribution is 2.38. The number of aromatic hydroxyl groups is 1. The van der Waals surface area contributed by atoms with Crippen molar-refractivity contribution < 1.29 is 14.6 Å². The third kappa shape index (κ3) is 4.79. The number of hydrogen-bond donors (Lipinski definition) is 2. The van der Waals surface area contributed by atoms with Crippen molar-refractivity contribution in [1.29, 1.82) is 0 Å². The summed E-state index contributed by atoms with van der Waals surface area (Å²) in [4.78, 5) is 0. The molecule has 0 saturated heterocycles. The van der Waals surface area contributed by atoms with Crippen molar-refractivity contribution in [1.82, 2.24) is 10.2 Å². The first-order chi connectivity index (χ1) is 14.9. The Morgan fingerprint density at radius 3 is 2.32 bits per heavy atom. The number of rotatable bonds is 6. The SMILES string of the molecule is Cc1cc(C)cc(Oc2cn[nH]c2-c2ccc(OCc3c(Cl)cccc3Cl)cc2O)c1. The highest BCUT2D eigenvalue weighted by Gasteiger charge is 2.15. The van der Waals surface area contributed by atoms with E-state index in [1.54, 1.807) is 36.5 Å². The number of phenolic OH excluding ortho intramolecular Hbond substituents is 1. The van der Waals surface area contributed by atoms with Crippen molar-refractivity contribution in [2.75, 3.05) is 0 Å². The number of hydrogen-bond acceptors (Lipinski definition) is 4. The lowest BCUT2D eigenvalue weighted by atomic mass is 10.1. The number of ether oxygens (including phenoxy) is 2. The van der Waals surface area contributed by atoms with Gasteiger partial charge < -0.3 is 14.6 Å². The minimum Gasteiger partial charge on any atom is -0.507 e. The third-order valence-corrected chi connectivity index (χ3v) is 5.42. The Bertz CT molecular complexity index is 1200. The van der Waals surface area contributed by atoms with Gasteiger partial charge in [0.15, 0.2) is 5.75 Å².